The summed E-state index contributed by atoms with van der Waals surface area (Å²) in [6.07, 6.45) is 3.00. The van der Waals surface area contributed by atoms with Crippen molar-refractivity contribution in [2.45, 2.75) is 31.3 Å². The molecule has 3 heterocycles. The molecule has 0 saturated carbocycles. The van der Waals surface area contributed by atoms with E-state index < -0.39 is 0 Å². The highest BCUT2D eigenvalue weighted by atomic mass is 32.2. The molecule has 1 aliphatic rings. The van der Waals surface area contributed by atoms with Crippen molar-refractivity contribution in [3.05, 3.63) is 33.5 Å². The molecule has 0 spiro atoms. The Bertz CT molecular complexity index is 999. The van der Waals surface area contributed by atoms with Crippen LogP contribution in [0.3, 0.4) is 0 Å². The number of thiophene rings is 2. The van der Waals surface area contributed by atoms with Crippen LogP contribution in [0.5, 0.6) is 0 Å². The molecule has 4 rings (SSSR count). The van der Waals surface area contributed by atoms with Gasteiger partial charge in [-0.3, -0.25) is 9.89 Å². The molecule has 3 aromatic rings. The number of H-pyrrole nitrogens is 1. The number of carbonyl (C=O) groups is 1. The predicted molar refractivity (Wildman–Crippen MR) is 109 cm³/mol. The lowest BCUT2D eigenvalue weighted by Gasteiger charge is -2.17. The highest BCUT2D eigenvalue weighted by molar-refractivity contribution is 7.99. The lowest BCUT2D eigenvalue weighted by Crippen LogP contribution is -2.14. The highest BCUT2D eigenvalue weighted by Gasteiger charge is 2.24. The average Bonchev–Trinajstić information content (AvgIpc) is 3.38. The topological polar surface area (TPSA) is 94.5 Å². The smallest absolute Gasteiger partial charge is 0.235 e. The maximum Gasteiger partial charge on any atom is 0.235 e. The number of nitrogens with one attached hydrogen (secondary N) is 2. The molecule has 0 saturated heterocycles. The molecule has 6 nitrogen and oxygen atoms in total. The first-order chi connectivity index (χ1) is 13.1. The van der Waals surface area contributed by atoms with E-state index in [4.69, 9.17) is 0 Å². The van der Waals surface area contributed by atoms with Crippen molar-refractivity contribution in [3.8, 4) is 16.8 Å². The Hall–Kier alpha value is -2.15. The number of nitriles is 1. The molecule has 0 aliphatic heterocycles. The molecule has 0 fully saturated rings. The molecule has 27 heavy (non-hydrogen) atoms. The number of anilines is 1. The zero-order valence-electron chi connectivity index (χ0n) is 14.6. The van der Waals surface area contributed by atoms with Gasteiger partial charge in [0, 0.05) is 4.88 Å². The third kappa shape index (κ3) is 3.93. The molecule has 3 aromatic heterocycles. The molecular weight excluding hydrogens is 398 g/mol. The van der Waals surface area contributed by atoms with Crippen molar-refractivity contribution in [2.24, 2.45) is 5.92 Å². The number of thioether (sulfide) groups is 1. The second-order valence-electron chi connectivity index (χ2n) is 6.45. The second kappa shape index (κ2) is 7.84. The first kappa shape index (κ1) is 18.2. The molecule has 9 heteroatoms. The SMILES string of the molecule is C[C@@H]1CCc2c(sc(NC(=O)CSc3n[nH]c(-c4cccs4)n3)c2C#N)C1. The molecule has 1 amide bonds. The summed E-state index contributed by atoms with van der Waals surface area (Å²) >= 11 is 4.40. The Labute approximate surface area is 169 Å². The van der Waals surface area contributed by atoms with Gasteiger partial charge in [-0.25, -0.2) is 4.98 Å². The van der Waals surface area contributed by atoms with Crippen molar-refractivity contribution < 1.29 is 4.79 Å². The molecule has 1 atom stereocenters. The number of fused-ring (bicyclic) bond motifs is 1. The Kier molecular flexibility index (Phi) is 5.29. The first-order valence-corrected chi connectivity index (χ1v) is 11.3. The molecule has 0 radical (unpaired) electrons. The summed E-state index contributed by atoms with van der Waals surface area (Å²) < 4.78 is 0. The van der Waals surface area contributed by atoms with E-state index in [1.54, 1.807) is 22.7 Å². The van der Waals surface area contributed by atoms with E-state index in [9.17, 15) is 10.1 Å². The molecule has 0 bridgehead atoms. The third-order valence-electron chi connectivity index (χ3n) is 4.43. The normalized spacial score (nSPS) is 15.9. The number of hydrogen-bond donors (Lipinski definition) is 2. The van der Waals surface area contributed by atoms with Crippen molar-refractivity contribution in [1.82, 2.24) is 15.2 Å². The van der Waals surface area contributed by atoms with Gasteiger partial charge >= 0.3 is 0 Å². The zero-order chi connectivity index (χ0) is 18.8. The average molecular weight is 416 g/mol. The molecule has 0 unspecified atom stereocenters. The van der Waals surface area contributed by atoms with E-state index in [-0.39, 0.29) is 11.7 Å². The number of rotatable bonds is 5. The van der Waals surface area contributed by atoms with E-state index in [2.05, 4.69) is 33.5 Å². The fourth-order valence-electron chi connectivity index (χ4n) is 3.08. The van der Waals surface area contributed by atoms with Gasteiger partial charge in [0.05, 0.1) is 16.2 Å². The Morgan fingerprint density at radius 2 is 2.44 bits per heavy atom. The van der Waals surface area contributed by atoms with Crippen LogP contribution >= 0.6 is 34.4 Å². The molecule has 0 aromatic carbocycles. The van der Waals surface area contributed by atoms with Crippen molar-refractivity contribution in [1.29, 1.82) is 5.26 Å². The number of hydrogen-bond acceptors (Lipinski definition) is 7. The van der Waals surface area contributed by atoms with Gasteiger partial charge in [0.15, 0.2) is 5.82 Å². The Morgan fingerprint density at radius 3 is 3.22 bits per heavy atom. The summed E-state index contributed by atoms with van der Waals surface area (Å²) in [5.41, 5.74) is 1.76. The fourth-order valence-corrected chi connectivity index (χ4v) is 5.72. The van der Waals surface area contributed by atoms with Crippen LogP contribution in [0.15, 0.2) is 22.7 Å². The summed E-state index contributed by atoms with van der Waals surface area (Å²) in [5, 5.41) is 22.7. The van der Waals surface area contributed by atoms with Crippen LogP contribution in [0.1, 0.15) is 29.3 Å². The minimum Gasteiger partial charge on any atom is -0.316 e. The number of amides is 1. The van der Waals surface area contributed by atoms with Crippen LogP contribution in [-0.4, -0.2) is 26.8 Å². The van der Waals surface area contributed by atoms with Crippen LogP contribution in [0, 0.1) is 17.2 Å². The lowest BCUT2D eigenvalue weighted by atomic mass is 9.89. The number of aromatic nitrogens is 3. The minimum atomic E-state index is -0.148. The molecular formula is C18H17N5OS3. The van der Waals surface area contributed by atoms with Gasteiger partial charge in [-0.2, -0.15) is 5.26 Å². The van der Waals surface area contributed by atoms with Gasteiger partial charge in [0.2, 0.25) is 11.1 Å². The quantitative estimate of drug-likeness (QED) is 0.605. The summed E-state index contributed by atoms with van der Waals surface area (Å²) in [5.74, 6) is 1.39. The Balaban J connectivity index is 1.40. The summed E-state index contributed by atoms with van der Waals surface area (Å²) in [6.45, 7) is 2.23. The highest BCUT2D eigenvalue weighted by Crippen LogP contribution is 2.39. The molecule has 1 aliphatic carbocycles. The van der Waals surface area contributed by atoms with E-state index in [0.717, 1.165) is 29.7 Å². The van der Waals surface area contributed by atoms with Gasteiger partial charge in [-0.15, -0.1) is 27.8 Å². The number of carbonyl (C=O) groups excluding carboxylic acids is 1. The molecule has 2 N–H and O–H groups in total. The second-order valence-corrected chi connectivity index (χ2v) is 9.44. The van der Waals surface area contributed by atoms with Gasteiger partial charge in [-0.05, 0) is 42.2 Å². The fraction of sp³-hybridized carbons (Fsp3) is 0.333. The lowest BCUT2D eigenvalue weighted by molar-refractivity contribution is -0.113. The van der Waals surface area contributed by atoms with Crippen LogP contribution in [0.4, 0.5) is 5.00 Å². The summed E-state index contributed by atoms with van der Waals surface area (Å²) in [6, 6.07) is 6.20. The van der Waals surface area contributed by atoms with E-state index in [0.29, 0.717) is 27.5 Å². The van der Waals surface area contributed by atoms with E-state index in [1.807, 2.05) is 17.5 Å². The minimum absolute atomic E-state index is 0.148. The van der Waals surface area contributed by atoms with Crippen LogP contribution in [0.25, 0.3) is 10.7 Å². The molecule has 138 valence electrons. The van der Waals surface area contributed by atoms with Crippen molar-refractivity contribution >= 4 is 45.3 Å². The third-order valence-corrected chi connectivity index (χ3v) is 7.32. The van der Waals surface area contributed by atoms with Crippen LogP contribution < -0.4 is 5.32 Å². The standard InChI is InChI=1S/C18H17N5OS3/c1-10-4-5-11-12(8-19)17(27-14(11)7-10)20-15(24)9-26-18-21-16(22-23-18)13-3-2-6-25-13/h2-3,6,10H,4-5,7,9H2,1H3,(H,20,24)(H,21,22,23)/t10-/m1/s1. The number of aromatic amines is 1. The van der Waals surface area contributed by atoms with Gasteiger partial charge in [0.1, 0.15) is 11.1 Å². The predicted octanol–water partition coefficient (Wildman–Crippen LogP) is 4.32. The van der Waals surface area contributed by atoms with Gasteiger partial charge in [-0.1, -0.05) is 24.8 Å². The van der Waals surface area contributed by atoms with Gasteiger partial charge in [0.25, 0.3) is 0 Å². The van der Waals surface area contributed by atoms with E-state index >= 15 is 0 Å². The number of nitrogens with zero attached hydrogens (tertiary/aromatic N) is 3. The van der Waals surface area contributed by atoms with E-state index in [1.165, 1.54) is 16.6 Å². The largest absolute Gasteiger partial charge is 0.316 e. The monoisotopic (exact) mass is 415 g/mol. The van der Waals surface area contributed by atoms with Crippen LogP contribution in [-0.2, 0) is 17.6 Å². The van der Waals surface area contributed by atoms with Crippen LogP contribution in [0.2, 0.25) is 0 Å². The summed E-state index contributed by atoms with van der Waals surface area (Å²) in [7, 11) is 0. The Morgan fingerprint density at radius 1 is 1.56 bits per heavy atom. The maximum atomic E-state index is 12.4. The van der Waals surface area contributed by atoms with Crippen molar-refractivity contribution in [2.75, 3.05) is 11.1 Å². The maximum absolute atomic E-state index is 12.4. The first-order valence-electron chi connectivity index (χ1n) is 8.57. The van der Waals surface area contributed by atoms with Crippen molar-refractivity contribution in [3.63, 3.8) is 0 Å². The van der Waals surface area contributed by atoms with Gasteiger partial charge < -0.3 is 5.32 Å². The summed E-state index contributed by atoms with van der Waals surface area (Å²) in [4.78, 5) is 19.0. The zero-order valence-corrected chi connectivity index (χ0v) is 17.1.